The minimum absolute atomic E-state index is 0.125. The highest BCUT2D eigenvalue weighted by atomic mass is 16.5. The van der Waals surface area contributed by atoms with Crippen molar-refractivity contribution >= 4 is 5.91 Å². The summed E-state index contributed by atoms with van der Waals surface area (Å²) in [5.41, 5.74) is 6.32. The van der Waals surface area contributed by atoms with Crippen molar-refractivity contribution in [2.75, 3.05) is 7.11 Å². The second kappa shape index (κ2) is 5.82. The molecular weight excluding hydrogens is 230 g/mol. The van der Waals surface area contributed by atoms with Gasteiger partial charge in [0, 0.05) is 18.3 Å². The number of amides is 1. The van der Waals surface area contributed by atoms with E-state index in [0.29, 0.717) is 11.4 Å². The van der Waals surface area contributed by atoms with Crippen LogP contribution in [0.5, 0.6) is 5.88 Å². The zero-order valence-corrected chi connectivity index (χ0v) is 10.6. The zero-order chi connectivity index (χ0) is 13.0. The second-order valence-electron chi connectivity index (χ2n) is 4.65. The quantitative estimate of drug-likeness (QED) is 0.840. The number of carbonyl (C=O) groups is 1. The molecule has 1 amide bonds. The first kappa shape index (κ1) is 12.8. The van der Waals surface area contributed by atoms with Crippen molar-refractivity contribution < 1.29 is 9.53 Å². The number of carbonyl (C=O) groups excluding carboxylic acids is 1. The van der Waals surface area contributed by atoms with E-state index in [4.69, 9.17) is 10.5 Å². The highest BCUT2D eigenvalue weighted by Gasteiger charge is 2.22. The highest BCUT2D eigenvalue weighted by Crippen LogP contribution is 2.19. The van der Waals surface area contributed by atoms with Gasteiger partial charge in [-0.15, -0.1) is 0 Å². The van der Waals surface area contributed by atoms with Gasteiger partial charge in [-0.3, -0.25) is 4.79 Å². The Hall–Kier alpha value is -1.62. The number of rotatable bonds is 3. The Bertz CT molecular complexity index is 414. The van der Waals surface area contributed by atoms with Crippen LogP contribution in [0.25, 0.3) is 0 Å². The van der Waals surface area contributed by atoms with Gasteiger partial charge in [-0.2, -0.15) is 0 Å². The fraction of sp³-hybridized carbons (Fsp3) is 0.538. The number of nitrogens with two attached hydrogens (primary N) is 1. The van der Waals surface area contributed by atoms with Crippen molar-refractivity contribution in [3.05, 3.63) is 23.9 Å². The van der Waals surface area contributed by atoms with Crippen molar-refractivity contribution in [1.29, 1.82) is 0 Å². The van der Waals surface area contributed by atoms with Crippen LogP contribution in [0.1, 0.15) is 36.0 Å². The molecule has 5 nitrogen and oxygen atoms in total. The van der Waals surface area contributed by atoms with Gasteiger partial charge in [0.05, 0.1) is 7.11 Å². The fourth-order valence-corrected chi connectivity index (χ4v) is 2.25. The Morgan fingerprint density at radius 2 is 2.17 bits per heavy atom. The minimum Gasteiger partial charge on any atom is -0.480 e. The number of pyridine rings is 1. The smallest absolute Gasteiger partial charge is 0.256 e. The van der Waals surface area contributed by atoms with E-state index >= 15 is 0 Å². The topological polar surface area (TPSA) is 77.2 Å². The van der Waals surface area contributed by atoms with Crippen LogP contribution in [-0.2, 0) is 0 Å². The molecule has 0 bridgehead atoms. The molecule has 1 aliphatic rings. The molecule has 1 saturated carbocycles. The number of nitrogens with zero attached hydrogens (tertiary/aromatic N) is 1. The molecule has 0 aromatic carbocycles. The van der Waals surface area contributed by atoms with E-state index in [2.05, 4.69) is 10.3 Å². The Morgan fingerprint density at radius 3 is 2.83 bits per heavy atom. The lowest BCUT2D eigenvalue weighted by Crippen LogP contribution is -2.40. The summed E-state index contributed by atoms with van der Waals surface area (Å²) in [6.45, 7) is 0. The van der Waals surface area contributed by atoms with Crippen molar-refractivity contribution in [2.45, 2.75) is 37.8 Å². The molecule has 0 unspecified atom stereocenters. The van der Waals surface area contributed by atoms with Crippen molar-refractivity contribution in [1.82, 2.24) is 10.3 Å². The normalized spacial score (nSPS) is 23.4. The number of aromatic nitrogens is 1. The molecule has 0 aliphatic heterocycles. The van der Waals surface area contributed by atoms with Gasteiger partial charge >= 0.3 is 0 Å². The standard InChI is InChI=1S/C13H19N3O2/c1-18-13-11(3-2-8-15-13)12(17)16-10-6-4-9(14)5-7-10/h2-3,8-10H,4-7,14H2,1H3,(H,16,17). The van der Waals surface area contributed by atoms with E-state index in [1.165, 1.54) is 7.11 Å². The molecule has 0 radical (unpaired) electrons. The zero-order valence-electron chi connectivity index (χ0n) is 10.6. The maximum absolute atomic E-state index is 12.1. The largest absolute Gasteiger partial charge is 0.480 e. The molecule has 5 heteroatoms. The summed E-state index contributed by atoms with van der Waals surface area (Å²) in [6.07, 6.45) is 5.42. The molecule has 98 valence electrons. The third kappa shape index (κ3) is 2.98. The van der Waals surface area contributed by atoms with E-state index < -0.39 is 0 Å². The summed E-state index contributed by atoms with van der Waals surface area (Å²) < 4.78 is 5.08. The summed E-state index contributed by atoms with van der Waals surface area (Å²) >= 11 is 0. The molecule has 1 aromatic heterocycles. The van der Waals surface area contributed by atoms with Crippen LogP contribution in [0.2, 0.25) is 0 Å². The predicted molar refractivity (Wildman–Crippen MR) is 68.5 cm³/mol. The van der Waals surface area contributed by atoms with Gasteiger partial charge in [0.1, 0.15) is 5.56 Å². The average Bonchev–Trinajstić information content (AvgIpc) is 2.41. The van der Waals surface area contributed by atoms with Crippen LogP contribution >= 0.6 is 0 Å². The molecule has 1 aromatic rings. The lowest BCUT2D eigenvalue weighted by molar-refractivity contribution is 0.0922. The van der Waals surface area contributed by atoms with Crippen LogP contribution in [0, 0.1) is 0 Å². The van der Waals surface area contributed by atoms with E-state index in [1.807, 2.05) is 0 Å². The Kier molecular flexibility index (Phi) is 4.15. The van der Waals surface area contributed by atoms with Crippen molar-refractivity contribution in [3.63, 3.8) is 0 Å². The first-order valence-corrected chi connectivity index (χ1v) is 6.26. The van der Waals surface area contributed by atoms with Gasteiger partial charge in [0.2, 0.25) is 5.88 Å². The first-order chi connectivity index (χ1) is 8.70. The van der Waals surface area contributed by atoms with Gasteiger partial charge in [-0.1, -0.05) is 0 Å². The van der Waals surface area contributed by atoms with Gasteiger partial charge < -0.3 is 15.8 Å². The summed E-state index contributed by atoms with van der Waals surface area (Å²) in [6, 6.07) is 3.94. The van der Waals surface area contributed by atoms with E-state index in [1.54, 1.807) is 18.3 Å². The number of methoxy groups -OCH3 is 1. The van der Waals surface area contributed by atoms with Gasteiger partial charge in [-0.05, 0) is 37.8 Å². The van der Waals surface area contributed by atoms with Gasteiger partial charge in [0.15, 0.2) is 0 Å². The fourth-order valence-electron chi connectivity index (χ4n) is 2.25. The SMILES string of the molecule is COc1ncccc1C(=O)NC1CCC(N)CC1. The number of hydrogen-bond acceptors (Lipinski definition) is 4. The molecule has 1 aliphatic carbocycles. The van der Waals surface area contributed by atoms with E-state index in [-0.39, 0.29) is 18.0 Å². The number of nitrogens with one attached hydrogen (secondary N) is 1. The monoisotopic (exact) mass is 249 g/mol. The highest BCUT2D eigenvalue weighted by molar-refractivity contribution is 5.96. The maximum Gasteiger partial charge on any atom is 0.256 e. The second-order valence-corrected chi connectivity index (χ2v) is 4.65. The van der Waals surface area contributed by atoms with Crippen LogP contribution in [0.4, 0.5) is 0 Å². The summed E-state index contributed by atoms with van der Waals surface area (Å²) in [7, 11) is 1.51. The lowest BCUT2D eigenvalue weighted by atomic mass is 9.91. The average molecular weight is 249 g/mol. The van der Waals surface area contributed by atoms with Crippen molar-refractivity contribution in [2.24, 2.45) is 5.73 Å². The Morgan fingerprint density at radius 1 is 1.44 bits per heavy atom. The van der Waals surface area contributed by atoms with Gasteiger partial charge in [0.25, 0.3) is 5.91 Å². The molecule has 1 fully saturated rings. The Labute approximate surface area is 107 Å². The molecule has 2 rings (SSSR count). The molecular formula is C13H19N3O2. The summed E-state index contributed by atoms with van der Waals surface area (Å²) in [5, 5.41) is 3.02. The maximum atomic E-state index is 12.1. The van der Waals surface area contributed by atoms with Crippen LogP contribution in [-0.4, -0.2) is 30.1 Å². The van der Waals surface area contributed by atoms with Crippen molar-refractivity contribution in [3.8, 4) is 5.88 Å². The summed E-state index contributed by atoms with van der Waals surface area (Å²) in [4.78, 5) is 16.1. The number of hydrogen-bond donors (Lipinski definition) is 2. The predicted octanol–water partition coefficient (Wildman–Crippen LogP) is 1.09. The molecule has 0 saturated heterocycles. The third-order valence-electron chi connectivity index (χ3n) is 3.32. The Balaban J connectivity index is 1.99. The molecule has 3 N–H and O–H groups in total. The van der Waals surface area contributed by atoms with E-state index in [9.17, 15) is 4.79 Å². The van der Waals surface area contributed by atoms with Gasteiger partial charge in [-0.25, -0.2) is 4.98 Å². The number of ether oxygens (including phenoxy) is 1. The van der Waals surface area contributed by atoms with Crippen LogP contribution < -0.4 is 15.8 Å². The molecule has 0 spiro atoms. The lowest BCUT2D eigenvalue weighted by Gasteiger charge is -2.26. The molecule has 0 atom stereocenters. The van der Waals surface area contributed by atoms with E-state index in [0.717, 1.165) is 25.7 Å². The molecule has 18 heavy (non-hydrogen) atoms. The van der Waals surface area contributed by atoms with Crippen LogP contribution in [0.3, 0.4) is 0 Å². The van der Waals surface area contributed by atoms with Crippen LogP contribution in [0.15, 0.2) is 18.3 Å². The first-order valence-electron chi connectivity index (χ1n) is 6.26. The summed E-state index contributed by atoms with van der Waals surface area (Å²) in [5.74, 6) is 0.239. The molecule has 1 heterocycles. The third-order valence-corrected chi connectivity index (χ3v) is 3.32. The minimum atomic E-state index is -0.125.